The van der Waals surface area contributed by atoms with Crippen molar-refractivity contribution in [3.05, 3.63) is 29.3 Å². The molecule has 1 heterocycles. The van der Waals surface area contributed by atoms with Crippen molar-refractivity contribution in [3.8, 4) is 0 Å². The Morgan fingerprint density at radius 3 is 2.19 bits per heavy atom. The lowest BCUT2D eigenvalue weighted by Crippen LogP contribution is -2.51. The average molecular weight is 360 g/mol. The molecule has 142 valence electrons. The first-order chi connectivity index (χ1) is 12.3. The van der Waals surface area contributed by atoms with Crippen molar-refractivity contribution in [3.63, 3.8) is 0 Å². The minimum atomic E-state index is -0.209. The molecule has 1 fully saturated rings. The highest BCUT2D eigenvalue weighted by Crippen LogP contribution is 2.19. The zero-order valence-corrected chi connectivity index (χ0v) is 16.0. The zero-order valence-electron chi connectivity index (χ0n) is 16.0. The zero-order chi connectivity index (χ0) is 19.3. The summed E-state index contributed by atoms with van der Waals surface area (Å²) in [6, 6.07) is 5.83. The number of nitrogens with zero attached hydrogens (tertiary/aromatic N) is 3. The van der Waals surface area contributed by atoms with Gasteiger partial charge in [0.25, 0.3) is 0 Å². The van der Waals surface area contributed by atoms with E-state index in [9.17, 15) is 14.4 Å². The number of hydrogen-bond acceptors (Lipinski definition) is 4. The van der Waals surface area contributed by atoms with Gasteiger partial charge in [-0.25, -0.2) is 0 Å². The number of rotatable bonds is 5. The molecular formula is C19H28N4O3. The first-order valence-electron chi connectivity index (χ1n) is 8.86. The molecule has 1 aliphatic rings. The summed E-state index contributed by atoms with van der Waals surface area (Å²) in [7, 11) is 1.64. The van der Waals surface area contributed by atoms with Crippen molar-refractivity contribution < 1.29 is 14.4 Å². The fourth-order valence-electron chi connectivity index (χ4n) is 3.03. The predicted molar refractivity (Wildman–Crippen MR) is 101 cm³/mol. The SMILES string of the molecule is CC(=O)N1CCN(CC(=O)N(C)CC(=O)Nc2c(C)cccc2C)CC1. The molecule has 0 atom stereocenters. The Kier molecular flexibility index (Phi) is 6.74. The van der Waals surface area contributed by atoms with Gasteiger partial charge in [0.2, 0.25) is 17.7 Å². The van der Waals surface area contributed by atoms with Crippen LogP contribution < -0.4 is 5.32 Å². The second-order valence-corrected chi connectivity index (χ2v) is 6.85. The van der Waals surface area contributed by atoms with E-state index in [1.807, 2.05) is 36.9 Å². The quantitative estimate of drug-likeness (QED) is 0.845. The van der Waals surface area contributed by atoms with Crippen LogP contribution in [0.25, 0.3) is 0 Å². The fraction of sp³-hybridized carbons (Fsp3) is 0.526. The Morgan fingerprint density at radius 2 is 1.65 bits per heavy atom. The van der Waals surface area contributed by atoms with Crippen LogP contribution in [0, 0.1) is 13.8 Å². The third-order valence-corrected chi connectivity index (χ3v) is 4.73. The Labute approximate surface area is 154 Å². The van der Waals surface area contributed by atoms with E-state index in [1.165, 1.54) is 4.90 Å². The number of benzene rings is 1. The first kappa shape index (κ1) is 19.9. The molecule has 0 saturated carbocycles. The van der Waals surface area contributed by atoms with Gasteiger partial charge in [0.05, 0.1) is 13.1 Å². The molecule has 26 heavy (non-hydrogen) atoms. The smallest absolute Gasteiger partial charge is 0.243 e. The highest BCUT2D eigenvalue weighted by atomic mass is 16.2. The number of anilines is 1. The monoisotopic (exact) mass is 360 g/mol. The molecule has 0 aromatic heterocycles. The van der Waals surface area contributed by atoms with Crippen molar-refractivity contribution in [1.29, 1.82) is 0 Å². The normalized spacial score (nSPS) is 14.8. The molecule has 0 spiro atoms. The largest absolute Gasteiger partial charge is 0.340 e. The molecule has 1 N–H and O–H groups in total. The van der Waals surface area contributed by atoms with Crippen LogP contribution in [-0.2, 0) is 14.4 Å². The van der Waals surface area contributed by atoms with E-state index in [4.69, 9.17) is 0 Å². The van der Waals surface area contributed by atoms with Crippen molar-refractivity contribution in [2.45, 2.75) is 20.8 Å². The molecule has 2 rings (SSSR count). The molecule has 1 aromatic carbocycles. The van der Waals surface area contributed by atoms with E-state index in [0.717, 1.165) is 16.8 Å². The molecule has 1 aromatic rings. The van der Waals surface area contributed by atoms with Crippen molar-refractivity contribution in [1.82, 2.24) is 14.7 Å². The summed E-state index contributed by atoms with van der Waals surface area (Å²) in [5.74, 6) is -0.242. The summed E-state index contributed by atoms with van der Waals surface area (Å²) in [4.78, 5) is 41.2. The van der Waals surface area contributed by atoms with Crippen LogP contribution in [0.2, 0.25) is 0 Å². The molecule has 0 unspecified atom stereocenters. The molecule has 7 nitrogen and oxygen atoms in total. The number of carbonyl (C=O) groups excluding carboxylic acids is 3. The number of amides is 3. The third-order valence-electron chi connectivity index (χ3n) is 4.73. The fourth-order valence-corrected chi connectivity index (χ4v) is 3.03. The first-order valence-corrected chi connectivity index (χ1v) is 8.86. The van der Waals surface area contributed by atoms with Crippen molar-refractivity contribution in [2.75, 3.05) is 51.6 Å². The van der Waals surface area contributed by atoms with Crippen molar-refractivity contribution >= 4 is 23.4 Å². The van der Waals surface area contributed by atoms with Gasteiger partial charge < -0.3 is 15.1 Å². The summed E-state index contributed by atoms with van der Waals surface area (Å²) in [5, 5.41) is 2.90. The standard InChI is InChI=1S/C19H28N4O3/c1-14-6-5-7-15(2)19(14)20-17(25)12-21(4)18(26)13-22-8-10-23(11-9-22)16(3)24/h5-7H,8-13H2,1-4H3,(H,20,25). The van der Waals surface area contributed by atoms with Crippen molar-refractivity contribution in [2.24, 2.45) is 0 Å². The Balaban J connectivity index is 1.81. The second kappa shape index (κ2) is 8.80. The van der Waals surface area contributed by atoms with E-state index in [-0.39, 0.29) is 30.8 Å². The minimum Gasteiger partial charge on any atom is -0.340 e. The van der Waals surface area contributed by atoms with Crippen LogP contribution in [0.4, 0.5) is 5.69 Å². The summed E-state index contributed by atoms with van der Waals surface area (Å²) in [6.45, 7) is 8.35. The summed E-state index contributed by atoms with van der Waals surface area (Å²) >= 11 is 0. The number of nitrogens with one attached hydrogen (secondary N) is 1. The minimum absolute atomic E-state index is 0.0139. The van der Waals surface area contributed by atoms with Crippen LogP contribution in [0.1, 0.15) is 18.1 Å². The third kappa shape index (κ3) is 5.29. The molecule has 1 aliphatic heterocycles. The highest BCUT2D eigenvalue weighted by Gasteiger charge is 2.22. The molecule has 1 saturated heterocycles. The molecule has 0 radical (unpaired) electrons. The maximum absolute atomic E-state index is 12.4. The number of aryl methyl sites for hydroxylation is 2. The summed E-state index contributed by atoms with van der Waals surface area (Å²) in [6.07, 6.45) is 0. The Bertz CT molecular complexity index is 661. The van der Waals surface area contributed by atoms with Gasteiger partial charge in [0, 0.05) is 45.8 Å². The van der Waals surface area contributed by atoms with Gasteiger partial charge in [-0.3, -0.25) is 19.3 Å². The molecule has 0 aliphatic carbocycles. The second-order valence-electron chi connectivity index (χ2n) is 6.85. The van der Waals surface area contributed by atoms with Crippen LogP contribution in [0.3, 0.4) is 0 Å². The average Bonchev–Trinajstić information content (AvgIpc) is 2.58. The van der Waals surface area contributed by atoms with E-state index in [0.29, 0.717) is 26.2 Å². The van der Waals surface area contributed by atoms with Crippen LogP contribution in [0.15, 0.2) is 18.2 Å². The van der Waals surface area contributed by atoms with E-state index >= 15 is 0 Å². The summed E-state index contributed by atoms with van der Waals surface area (Å²) < 4.78 is 0. The lowest BCUT2D eigenvalue weighted by Gasteiger charge is -2.34. The van der Waals surface area contributed by atoms with Gasteiger partial charge in [-0.05, 0) is 25.0 Å². The number of hydrogen-bond donors (Lipinski definition) is 1. The predicted octanol–water partition coefficient (Wildman–Crippen LogP) is 0.864. The summed E-state index contributed by atoms with van der Waals surface area (Å²) in [5.41, 5.74) is 2.80. The Morgan fingerprint density at radius 1 is 1.08 bits per heavy atom. The van der Waals surface area contributed by atoms with E-state index in [2.05, 4.69) is 5.32 Å². The number of carbonyl (C=O) groups is 3. The van der Waals surface area contributed by atoms with Gasteiger partial charge in [0.1, 0.15) is 0 Å². The highest BCUT2D eigenvalue weighted by molar-refractivity contribution is 5.95. The van der Waals surface area contributed by atoms with Crippen LogP contribution in [-0.4, -0.2) is 78.7 Å². The topological polar surface area (TPSA) is 73.0 Å². The lowest BCUT2D eigenvalue weighted by molar-refractivity contribution is -0.135. The van der Waals surface area contributed by atoms with Gasteiger partial charge in [0.15, 0.2) is 0 Å². The van der Waals surface area contributed by atoms with Gasteiger partial charge in [-0.2, -0.15) is 0 Å². The number of piperazine rings is 1. The molecule has 7 heteroatoms. The molecule has 0 bridgehead atoms. The Hall–Kier alpha value is -2.41. The van der Waals surface area contributed by atoms with E-state index < -0.39 is 0 Å². The maximum atomic E-state index is 12.4. The van der Waals surface area contributed by atoms with Crippen LogP contribution in [0.5, 0.6) is 0 Å². The van der Waals surface area contributed by atoms with Gasteiger partial charge in [-0.1, -0.05) is 18.2 Å². The number of likely N-dealkylation sites (N-methyl/N-ethyl adjacent to an activating group) is 1. The molecule has 3 amide bonds. The van der Waals surface area contributed by atoms with Gasteiger partial charge >= 0.3 is 0 Å². The van der Waals surface area contributed by atoms with E-state index in [1.54, 1.807) is 18.9 Å². The number of para-hydroxylation sites is 1. The van der Waals surface area contributed by atoms with Gasteiger partial charge in [-0.15, -0.1) is 0 Å². The molecular weight excluding hydrogens is 332 g/mol. The maximum Gasteiger partial charge on any atom is 0.243 e. The lowest BCUT2D eigenvalue weighted by atomic mass is 10.1. The van der Waals surface area contributed by atoms with Crippen LogP contribution >= 0.6 is 0 Å².